The maximum Gasteiger partial charge on any atom is 0.253 e. The van der Waals surface area contributed by atoms with Crippen LogP contribution >= 0.6 is 0 Å². The largest absolute Gasteiger partial charge is 0.493 e. The smallest absolute Gasteiger partial charge is 0.253 e. The summed E-state index contributed by atoms with van der Waals surface area (Å²) in [7, 11) is 1.74. The Balaban J connectivity index is 1.19. The van der Waals surface area contributed by atoms with Gasteiger partial charge in [-0.25, -0.2) is 4.98 Å². The van der Waals surface area contributed by atoms with Crippen molar-refractivity contribution >= 4 is 22.3 Å². The molecule has 2 bridgehead atoms. The lowest BCUT2D eigenvalue weighted by Crippen LogP contribution is -2.66. The average Bonchev–Trinajstić information content (AvgIpc) is 2.62. The number of rotatable bonds is 6. The number of aryl methyl sites for hydroxylation is 1. The number of fused-ring (bicyclic) bond motifs is 1. The van der Waals surface area contributed by atoms with Crippen LogP contribution in [0.25, 0.3) is 10.8 Å². The molecule has 6 heteroatoms. The van der Waals surface area contributed by atoms with Gasteiger partial charge >= 0.3 is 0 Å². The SMILES string of the molecule is Cn1ccc(OCC23CC(CNc4cccc5c(N)nccc45)(C2)C3)cc1=O. The molecule has 3 saturated carbocycles. The Morgan fingerprint density at radius 3 is 2.79 bits per heavy atom. The van der Waals surface area contributed by atoms with E-state index in [1.807, 2.05) is 24.3 Å². The highest BCUT2D eigenvalue weighted by molar-refractivity contribution is 5.99. The lowest BCUT2D eigenvalue weighted by atomic mass is 9.35. The number of ether oxygens (including phenoxy) is 1. The molecule has 0 atom stereocenters. The first-order valence-electron chi connectivity index (χ1n) is 9.64. The molecule has 2 aromatic heterocycles. The van der Waals surface area contributed by atoms with Crippen molar-refractivity contribution in [1.29, 1.82) is 0 Å². The molecule has 144 valence electrons. The number of anilines is 2. The standard InChI is InChI=1S/C22H24N4O2/c1-26-8-6-15(9-19(26)27)28-14-22-10-21(11-22,12-22)13-25-18-4-2-3-17-16(18)5-7-24-20(17)23/h2-9,25H,10-14H2,1H3,(H2,23,24). The van der Waals surface area contributed by atoms with Crippen molar-refractivity contribution in [3.8, 4) is 5.75 Å². The molecular formula is C22H24N4O2. The van der Waals surface area contributed by atoms with Crippen LogP contribution in [-0.4, -0.2) is 22.7 Å². The molecule has 28 heavy (non-hydrogen) atoms. The minimum Gasteiger partial charge on any atom is -0.493 e. The van der Waals surface area contributed by atoms with E-state index in [9.17, 15) is 4.79 Å². The molecule has 3 aliphatic rings. The summed E-state index contributed by atoms with van der Waals surface area (Å²) in [5.41, 5.74) is 7.73. The van der Waals surface area contributed by atoms with Gasteiger partial charge in [0.15, 0.2) is 0 Å². The lowest BCUT2D eigenvalue weighted by molar-refractivity contribution is -0.209. The minimum absolute atomic E-state index is 0.0401. The van der Waals surface area contributed by atoms with Gasteiger partial charge in [-0.15, -0.1) is 0 Å². The van der Waals surface area contributed by atoms with Gasteiger partial charge in [0, 0.05) is 53.9 Å². The number of aromatic nitrogens is 2. The van der Waals surface area contributed by atoms with Gasteiger partial charge in [0.1, 0.15) is 11.6 Å². The number of pyridine rings is 2. The summed E-state index contributed by atoms with van der Waals surface area (Å²) in [5.74, 6) is 1.24. The van der Waals surface area contributed by atoms with Crippen molar-refractivity contribution in [2.24, 2.45) is 17.9 Å². The van der Waals surface area contributed by atoms with Gasteiger partial charge in [0.25, 0.3) is 5.56 Å². The Labute approximate surface area is 163 Å². The van der Waals surface area contributed by atoms with E-state index >= 15 is 0 Å². The lowest BCUT2D eigenvalue weighted by Gasteiger charge is -2.70. The number of nitrogens with one attached hydrogen (secondary N) is 1. The van der Waals surface area contributed by atoms with Crippen LogP contribution in [0.3, 0.4) is 0 Å². The summed E-state index contributed by atoms with van der Waals surface area (Å²) in [6.07, 6.45) is 7.02. The van der Waals surface area contributed by atoms with Crippen LogP contribution in [-0.2, 0) is 7.05 Å². The highest BCUT2D eigenvalue weighted by Crippen LogP contribution is 2.73. The van der Waals surface area contributed by atoms with E-state index in [1.165, 1.54) is 19.3 Å². The van der Waals surface area contributed by atoms with Crippen molar-refractivity contribution in [2.45, 2.75) is 19.3 Å². The van der Waals surface area contributed by atoms with Crippen molar-refractivity contribution < 1.29 is 4.74 Å². The molecule has 0 spiro atoms. The van der Waals surface area contributed by atoms with Crippen LogP contribution in [0.1, 0.15) is 19.3 Å². The molecule has 0 radical (unpaired) electrons. The molecular weight excluding hydrogens is 352 g/mol. The zero-order valence-corrected chi connectivity index (χ0v) is 15.9. The number of benzene rings is 1. The molecule has 3 N–H and O–H groups in total. The third-order valence-electron chi connectivity index (χ3n) is 6.36. The molecule has 0 aliphatic heterocycles. The molecule has 2 heterocycles. The first-order valence-corrected chi connectivity index (χ1v) is 9.64. The molecule has 6 rings (SSSR count). The van der Waals surface area contributed by atoms with Crippen LogP contribution in [0.5, 0.6) is 5.75 Å². The quantitative estimate of drug-likeness (QED) is 0.690. The van der Waals surface area contributed by atoms with Crippen molar-refractivity contribution in [2.75, 3.05) is 24.2 Å². The zero-order chi connectivity index (χ0) is 19.4. The molecule has 3 aromatic rings. The van der Waals surface area contributed by atoms with Gasteiger partial charge in [0.2, 0.25) is 0 Å². The van der Waals surface area contributed by atoms with Gasteiger partial charge in [-0.2, -0.15) is 0 Å². The highest BCUT2D eigenvalue weighted by atomic mass is 16.5. The van der Waals surface area contributed by atoms with Gasteiger partial charge < -0.3 is 20.4 Å². The van der Waals surface area contributed by atoms with Gasteiger partial charge in [0.05, 0.1) is 6.61 Å². The molecule has 3 fully saturated rings. The monoisotopic (exact) mass is 376 g/mol. The Morgan fingerprint density at radius 2 is 2.00 bits per heavy atom. The summed E-state index contributed by atoms with van der Waals surface area (Å²) < 4.78 is 7.46. The van der Waals surface area contributed by atoms with Gasteiger partial charge in [-0.3, -0.25) is 4.79 Å². The summed E-state index contributed by atoms with van der Waals surface area (Å²) >= 11 is 0. The summed E-state index contributed by atoms with van der Waals surface area (Å²) in [5, 5.41) is 5.74. The second-order valence-corrected chi connectivity index (χ2v) is 8.58. The maximum absolute atomic E-state index is 11.7. The van der Waals surface area contributed by atoms with E-state index in [0.717, 1.165) is 23.0 Å². The van der Waals surface area contributed by atoms with Crippen LogP contribution in [0, 0.1) is 10.8 Å². The molecule has 0 unspecified atom stereocenters. The van der Waals surface area contributed by atoms with Crippen LogP contribution in [0.4, 0.5) is 11.5 Å². The fraction of sp³-hybridized carbons (Fsp3) is 0.364. The van der Waals surface area contributed by atoms with Crippen LogP contribution < -0.4 is 21.3 Å². The van der Waals surface area contributed by atoms with Gasteiger partial charge in [-0.05, 0) is 42.9 Å². The summed E-state index contributed by atoms with van der Waals surface area (Å²) in [6.45, 7) is 1.65. The van der Waals surface area contributed by atoms with E-state index in [-0.39, 0.29) is 11.0 Å². The predicted octanol–water partition coefficient (Wildman–Crippen LogP) is 3.18. The van der Waals surface area contributed by atoms with E-state index in [2.05, 4.69) is 16.4 Å². The van der Waals surface area contributed by atoms with Crippen molar-refractivity contribution in [3.63, 3.8) is 0 Å². The highest BCUT2D eigenvalue weighted by Gasteiger charge is 2.67. The Hall–Kier alpha value is -3.02. The number of hydrogen-bond acceptors (Lipinski definition) is 5. The number of hydrogen-bond donors (Lipinski definition) is 2. The van der Waals surface area contributed by atoms with Crippen molar-refractivity contribution in [1.82, 2.24) is 9.55 Å². The molecule has 6 nitrogen and oxygen atoms in total. The van der Waals surface area contributed by atoms with Crippen LogP contribution in [0.15, 0.2) is 53.6 Å². The molecule has 0 amide bonds. The Kier molecular flexibility index (Phi) is 3.66. The molecule has 1 aromatic carbocycles. The number of nitrogens with zero attached hydrogens (tertiary/aromatic N) is 2. The fourth-order valence-electron chi connectivity index (χ4n) is 5.09. The predicted molar refractivity (Wildman–Crippen MR) is 111 cm³/mol. The van der Waals surface area contributed by atoms with Crippen LogP contribution in [0.2, 0.25) is 0 Å². The summed E-state index contributed by atoms with van der Waals surface area (Å²) in [6, 6.07) is 11.5. The van der Waals surface area contributed by atoms with E-state index in [4.69, 9.17) is 10.5 Å². The first-order chi connectivity index (χ1) is 13.5. The second-order valence-electron chi connectivity index (χ2n) is 8.58. The Morgan fingerprint density at radius 1 is 1.18 bits per heavy atom. The zero-order valence-electron chi connectivity index (χ0n) is 15.9. The fourth-order valence-corrected chi connectivity index (χ4v) is 5.09. The summed E-state index contributed by atoms with van der Waals surface area (Å²) in [4.78, 5) is 15.9. The third kappa shape index (κ3) is 2.71. The molecule has 0 saturated heterocycles. The average molecular weight is 376 g/mol. The second kappa shape index (κ2) is 5.99. The van der Waals surface area contributed by atoms with Gasteiger partial charge in [-0.1, -0.05) is 12.1 Å². The van der Waals surface area contributed by atoms with E-state index in [0.29, 0.717) is 23.6 Å². The third-order valence-corrected chi connectivity index (χ3v) is 6.36. The normalized spacial score (nSPS) is 25.0. The Bertz CT molecular complexity index is 1100. The number of nitrogen functional groups attached to an aromatic ring is 1. The molecule has 3 aliphatic carbocycles. The topological polar surface area (TPSA) is 82.2 Å². The first kappa shape index (κ1) is 17.1. The van der Waals surface area contributed by atoms with Crippen molar-refractivity contribution in [3.05, 3.63) is 59.1 Å². The maximum atomic E-state index is 11.7. The van der Waals surface area contributed by atoms with E-state index < -0.39 is 0 Å². The van der Waals surface area contributed by atoms with E-state index in [1.54, 1.807) is 30.1 Å². The number of nitrogens with two attached hydrogens (primary N) is 1. The minimum atomic E-state index is -0.0401.